The lowest BCUT2D eigenvalue weighted by Gasteiger charge is -2.22. The molecular weight excluding hydrogens is 235 g/mol. The van der Waals surface area contributed by atoms with Crippen LogP contribution in [0.15, 0.2) is 11.5 Å². The van der Waals surface area contributed by atoms with Gasteiger partial charge in [0.2, 0.25) is 0 Å². The zero-order valence-electron chi connectivity index (χ0n) is 13.9. The van der Waals surface area contributed by atoms with Crippen molar-refractivity contribution in [3.05, 3.63) is 11.5 Å². The first-order chi connectivity index (χ1) is 9.01. The summed E-state index contributed by atoms with van der Waals surface area (Å²) in [6, 6.07) is 0. The third-order valence-electron chi connectivity index (χ3n) is 2.88. The van der Waals surface area contributed by atoms with E-state index in [1.54, 1.807) is 0 Å². The molecule has 3 heteroatoms. The van der Waals surface area contributed by atoms with E-state index in [2.05, 4.69) is 47.6 Å². The first kappa shape index (κ1) is 18.7. The number of rotatable bonds is 11. The Balaban J connectivity index is 4.71. The number of unbranched alkanes of at least 4 members (excludes halogenated alkanes) is 3. The molecule has 0 aromatic rings. The Kier molecular flexibility index (Phi) is 11.4. The summed E-state index contributed by atoms with van der Waals surface area (Å²) in [5, 5.41) is 0. The maximum atomic E-state index is 5.96. The van der Waals surface area contributed by atoms with Crippen LogP contribution in [0.5, 0.6) is 0 Å². The van der Waals surface area contributed by atoms with E-state index in [9.17, 15) is 0 Å². The largest absolute Gasteiger partial charge is 0.489 e. The minimum absolute atomic E-state index is 0.164. The van der Waals surface area contributed by atoms with Gasteiger partial charge in [0, 0.05) is 12.2 Å². The van der Waals surface area contributed by atoms with Crippen molar-refractivity contribution in [2.75, 3.05) is 0 Å². The molecule has 0 aromatic carbocycles. The van der Waals surface area contributed by atoms with Crippen molar-refractivity contribution in [1.82, 2.24) is 0 Å². The van der Waals surface area contributed by atoms with Crippen LogP contribution >= 0.6 is 0 Å². The van der Waals surface area contributed by atoms with Crippen molar-refractivity contribution in [1.29, 1.82) is 0 Å². The van der Waals surface area contributed by atoms with E-state index in [1.165, 1.54) is 31.2 Å². The Hall–Kier alpha value is -0.275. The van der Waals surface area contributed by atoms with Gasteiger partial charge in [0.25, 0.3) is 0 Å². The first-order valence-corrected chi connectivity index (χ1v) is 8.01. The molecule has 0 spiro atoms. The van der Waals surface area contributed by atoms with E-state index in [-0.39, 0.29) is 19.3 Å². The summed E-state index contributed by atoms with van der Waals surface area (Å²) >= 11 is 0. The minimum Gasteiger partial charge on any atom is -0.405 e. The summed E-state index contributed by atoms with van der Waals surface area (Å²) in [5.74, 6) is 0. The quantitative estimate of drug-likeness (QED) is 0.380. The Bertz CT molecular complexity index is 227. The standard InChI is InChI=1S/C16H33BO2/c1-7-9-11-13-16(12-10-8-2)17(18-14(3)4)19-15(5)6/h13-15H,7-12H2,1-6H3/b16-13-. The van der Waals surface area contributed by atoms with Gasteiger partial charge in [-0.15, -0.1) is 0 Å². The van der Waals surface area contributed by atoms with Crippen molar-refractivity contribution in [3.63, 3.8) is 0 Å². The second-order valence-electron chi connectivity index (χ2n) is 5.73. The Morgan fingerprint density at radius 2 is 1.47 bits per heavy atom. The van der Waals surface area contributed by atoms with Crippen LogP contribution in [0, 0.1) is 0 Å². The van der Waals surface area contributed by atoms with Crippen molar-refractivity contribution in [2.45, 2.75) is 92.3 Å². The van der Waals surface area contributed by atoms with Crippen LogP contribution in [0.4, 0.5) is 0 Å². The topological polar surface area (TPSA) is 18.5 Å². The second kappa shape index (κ2) is 11.5. The van der Waals surface area contributed by atoms with Gasteiger partial charge < -0.3 is 9.31 Å². The zero-order chi connectivity index (χ0) is 14.7. The first-order valence-electron chi connectivity index (χ1n) is 8.01. The SMILES string of the molecule is CCCC/C=C(/CCCC)B(OC(C)C)OC(C)C. The Morgan fingerprint density at radius 1 is 0.947 bits per heavy atom. The molecule has 0 radical (unpaired) electrons. The molecule has 0 fully saturated rings. The van der Waals surface area contributed by atoms with Crippen LogP contribution in [0.25, 0.3) is 0 Å². The molecule has 0 aliphatic carbocycles. The van der Waals surface area contributed by atoms with E-state index in [0.29, 0.717) is 0 Å². The summed E-state index contributed by atoms with van der Waals surface area (Å²) in [5.41, 5.74) is 1.33. The van der Waals surface area contributed by atoms with Crippen molar-refractivity contribution >= 4 is 7.12 Å². The summed E-state index contributed by atoms with van der Waals surface area (Å²) < 4.78 is 11.9. The van der Waals surface area contributed by atoms with Gasteiger partial charge in [0.1, 0.15) is 0 Å². The molecule has 0 atom stereocenters. The van der Waals surface area contributed by atoms with Gasteiger partial charge in [-0.3, -0.25) is 0 Å². The molecule has 19 heavy (non-hydrogen) atoms. The number of hydrogen-bond acceptors (Lipinski definition) is 2. The fourth-order valence-electron chi connectivity index (χ4n) is 1.89. The molecule has 0 unspecified atom stereocenters. The van der Waals surface area contributed by atoms with Crippen LogP contribution in [0.2, 0.25) is 0 Å². The average Bonchev–Trinajstić information content (AvgIpc) is 2.31. The van der Waals surface area contributed by atoms with Crippen LogP contribution in [-0.2, 0) is 9.31 Å². The van der Waals surface area contributed by atoms with E-state index in [1.807, 2.05) is 0 Å². The van der Waals surface area contributed by atoms with Gasteiger partial charge in [0.05, 0.1) is 0 Å². The number of allylic oxidation sites excluding steroid dienone is 2. The van der Waals surface area contributed by atoms with Crippen LogP contribution in [0.1, 0.15) is 80.1 Å². The summed E-state index contributed by atoms with van der Waals surface area (Å²) in [6.07, 6.45) is 9.84. The summed E-state index contributed by atoms with van der Waals surface area (Å²) in [4.78, 5) is 0. The predicted octanol–water partition coefficient (Wildman–Crippen LogP) is 5.17. The molecule has 0 saturated heterocycles. The van der Waals surface area contributed by atoms with Crippen molar-refractivity contribution < 1.29 is 9.31 Å². The molecule has 0 heterocycles. The fourth-order valence-corrected chi connectivity index (χ4v) is 1.89. The Labute approximate surface area is 121 Å². The van der Waals surface area contributed by atoms with E-state index in [0.717, 1.165) is 12.8 Å². The second-order valence-corrected chi connectivity index (χ2v) is 5.73. The molecule has 2 nitrogen and oxygen atoms in total. The third-order valence-corrected chi connectivity index (χ3v) is 2.88. The van der Waals surface area contributed by atoms with Gasteiger partial charge in [-0.1, -0.05) is 45.6 Å². The molecular formula is C16H33BO2. The lowest BCUT2D eigenvalue weighted by atomic mass is 9.73. The molecule has 0 N–H and O–H groups in total. The van der Waals surface area contributed by atoms with Crippen LogP contribution in [0.3, 0.4) is 0 Å². The molecule has 0 aliphatic rings. The summed E-state index contributed by atoms with van der Waals surface area (Å²) in [6.45, 7) is 12.7. The molecule has 0 bridgehead atoms. The van der Waals surface area contributed by atoms with E-state index in [4.69, 9.17) is 9.31 Å². The van der Waals surface area contributed by atoms with E-state index >= 15 is 0 Å². The lowest BCUT2D eigenvalue weighted by Crippen LogP contribution is -2.32. The van der Waals surface area contributed by atoms with Crippen LogP contribution < -0.4 is 0 Å². The molecule has 0 amide bonds. The maximum Gasteiger partial charge on any atom is 0.489 e. The highest BCUT2D eigenvalue weighted by molar-refractivity contribution is 6.53. The van der Waals surface area contributed by atoms with Gasteiger partial charge in [-0.05, 0) is 46.0 Å². The maximum absolute atomic E-state index is 5.96. The average molecular weight is 268 g/mol. The normalized spacial score (nSPS) is 12.5. The zero-order valence-corrected chi connectivity index (χ0v) is 13.9. The Morgan fingerprint density at radius 3 is 1.89 bits per heavy atom. The molecule has 0 aliphatic heterocycles. The molecule has 0 rings (SSSR count). The van der Waals surface area contributed by atoms with Gasteiger partial charge >= 0.3 is 7.12 Å². The van der Waals surface area contributed by atoms with Gasteiger partial charge in [-0.2, -0.15) is 0 Å². The molecule has 0 saturated carbocycles. The number of hydrogen-bond donors (Lipinski definition) is 0. The van der Waals surface area contributed by atoms with Crippen molar-refractivity contribution in [2.24, 2.45) is 0 Å². The predicted molar refractivity (Wildman–Crippen MR) is 85.3 cm³/mol. The van der Waals surface area contributed by atoms with Crippen LogP contribution in [-0.4, -0.2) is 19.3 Å². The molecule has 112 valence electrons. The lowest BCUT2D eigenvalue weighted by molar-refractivity contribution is 0.135. The third kappa shape index (κ3) is 10.2. The highest BCUT2D eigenvalue weighted by Gasteiger charge is 2.25. The highest BCUT2D eigenvalue weighted by Crippen LogP contribution is 2.17. The van der Waals surface area contributed by atoms with Gasteiger partial charge in [-0.25, -0.2) is 0 Å². The minimum atomic E-state index is -0.164. The fraction of sp³-hybridized carbons (Fsp3) is 0.875. The van der Waals surface area contributed by atoms with E-state index < -0.39 is 0 Å². The van der Waals surface area contributed by atoms with Crippen molar-refractivity contribution in [3.8, 4) is 0 Å². The summed E-state index contributed by atoms with van der Waals surface area (Å²) in [7, 11) is -0.164. The molecule has 0 aromatic heterocycles. The monoisotopic (exact) mass is 268 g/mol. The highest BCUT2D eigenvalue weighted by atomic mass is 16.6. The smallest absolute Gasteiger partial charge is 0.405 e. The van der Waals surface area contributed by atoms with Gasteiger partial charge in [0.15, 0.2) is 0 Å².